The summed E-state index contributed by atoms with van der Waals surface area (Å²) in [7, 11) is -3.16. The number of hydrogen-bond acceptors (Lipinski definition) is 4. The third kappa shape index (κ3) is 6.59. The molecule has 7 heteroatoms. The van der Waals surface area contributed by atoms with Crippen LogP contribution in [-0.2, 0) is 21.4 Å². The Hall–Kier alpha value is -1.44. The van der Waals surface area contributed by atoms with E-state index in [0.717, 1.165) is 31.5 Å². The predicted molar refractivity (Wildman–Crippen MR) is 95.0 cm³/mol. The minimum Gasteiger partial charge on any atom is -0.351 e. The average Bonchev–Trinajstić information content (AvgIpc) is 2.52. The number of sulfonamides is 1. The highest BCUT2D eigenvalue weighted by Gasteiger charge is 2.22. The minimum absolute atomic E-state index is 0.00924. The molecule has 1 aliphatic rings. The Kier molecular flexibility index (Phi) is 6.77. The van der Waals surface area contributed by atoms with Crippen LogP contribution in [0.1, 0.15) is 24.0 Å². The van der Waals surface area contributed by atoms with Gasteiger partial charge in [-0.2, -0.15) is 0 Å². The number of amides is 1. The van der Waals surface area contributed by atoms with E-state index < -0.39 is 10.0 Å². The third-order valence-corrected chi connectivity index (χ3v) is 5.03. The molecular formula is C17H27N3O3S. The second-order valence-electron chi connectivity index (χ2n) is 6.57. The number of rotatable bonds is 7. The molecule has 134 valence electrons. The Bertz CT molecular complexity index is 661. The van der Waals surface area contributed by atoms with E-state index in [2.05, 4.69) is 14.9 Å². The maximum atomic E-state index is 12.2. The Morgan fingerprint density at radius 1 is 1.33 bits per heavy atom. The lowest BCUT2D eigenvalue weighted by Crippen LogP contribution is -2.45. The van der Waals surface area contributed by atoms with Gasteiger partial charge in [-0.3, -0.25) is 9.69 Å². The van der Waals surface area contributed by atoms with Crippen molar-refractivity contribution < 1.29 is 13.2 Å². The molecule has 0 spiro atoms. The SMILES string of the molecule is Cc1ccccc1CNC(=O)CN1CCCC(CNS(C)(=O)=O)C1. The molecule has 0 saturated carbocycles. The van der Waals surface area contributed by atoms with Crippen molar-refractivity contribution in [2.45, 2.75) is 26.3 Å². The van der Waals surface area contributed by atoms with Crippen LogP contribution in [0.5, 0.6) is 0 Å². The number of hydrogen-bond donors (Lipinski definition) is 2. The van der Waals surface area contributed by atoms with Crippen LogP contribution >= 0.6 is 0 Å². The number of benzene rings is 1. The molecule has 1 aromatic carbocycles. The van der Waals surface area contributed by atoms with Gasteiger partial charge >= 0.3 is 0 Å². The second-order valence-corrected chi connectivity index (χ2v) is 8.40. The van der Waals surface area contributed by atoms with Crippen molar-refractivity contribution >= 4 is 15.9 Å². The van der Waals surface area contributed by atoms with E-state index in [-0.39, 0.29) is 11.8 Å². The van der Waals surface area contributed by atoms with Crippen molar-refractivity contribution in [1.29, 1.82) is 0 Å². The van der Waals surface area contributed by atoms with Gasteiger partial charge in [-0.05, 0) is 43.4 Å². The molecule has 1 fully saturated rings. The topological polar surface area (TPSA) is 78.5 Å². The van der Waals surface area contributed by atoms with Crippen molar-refractivity contribution in [3.8, 4) is 0 Å². The van der Waals surface area contributed by atoms with Crippen LogP contribution in [-0.4, -0.2) is 51.7 Å². The normalized spacial score (nSPS) is 19.2. The molecule has 1 heterocycles. The van der Waals surface area contributed by atoms with Crippen molar-refractivity contribution in [3.05, 3.63) is 35.4 Å². The van der Waals surface area contributed by atoms with Gasteiger partial charge in [-0.15, -0.1) is 0 Å². The monoisotopic (exact) mass is 353 g/mol. The molecule has 1 aliphatic heterocycles. The van der Waals surface area contributed by atoms with Crippen LogP contribution < -0.4 is 10.0 Å². The van der Waals surface area contributed by atoms with Crippen LogP contribution in [0.15, 0.2) is 24.3 Å². The summed E-state index contributed by atoms with van der Waals surface area (Å²) < 4.78 is 24.9. The fraction of sp³-hybridized carbons (Fsp3) is 0.588. The lowest BCUT2D eigenvalue weighted by atomic mass is 9.98. The van der Waals surface area contributed by atoms with Gasteiger partial charge in [0.2, 0.25) is 15.9 Å². The molecule has 0 aromatic heterocycles. The number of nitrogens with one attached hydrogen (secondary N) is 2. The summed E-state index contributed by atoms with van der Waals surface area (Å²) in [6.45, 7) is 5.01. The van der Waals surface area contributed by atoms with E-state index in [1.54, 1.807) is 0 Å². The molecule has 2 rings (SSSR count). The molecule has 0 bridgehead atoms. The summed E-state index contributed by atoms with van der Waals surface area (Å²) >= 11 is 0. The van der Waals surface area contributed by atoms with Gasteiger partial charge < -0.3 is 5.32 Å². The molecule has 0 aliphatic carbocycles. The Balaban J connectivity index is 1.76. The first-order valence-corrected chi connectivity index (χ1v) is 10.2. The summed E-state index contributed by atoms with van der Waals surface area (Å²) in [5.41, 5.74) is 2.29. The summed E-state index contributed by atoms with van der Waals surface area (Å²) in [5, 5.41) is 2.97. The lowest BCUT2D eigenvalue weighted by molar-refractivity contribution is -0.122. The van der Waals surface area contributed by atoms with Crippen LogP contribution in [0.25, 0.3) is 0 Å². The fourth-order valence-electron chi connectivity index (χ4n) is 2.99. The van der Waals surface area contributed by atoms with Crippen molar-refractivity contribution in [2.24, 2.45) is 5.92 Å². The predicted octanol–water partition coefficient (Wildman–Crippen LogP) is 0.872. The van der Waals surface area contributed by atoms with Crippen LogP contribution in [0.3, 0.4) is 0 Å². The standard InChI is InChI=1S/C17H27N3O3S/c1-14-6-3-4-8-16(14)11-18-17(21)13-20-9-5-7-15(12-20)10-19-24(2,22)23/h3-4,6,8,15,19H,5,7,9-13H2,1-2H3,(H,18,21). The van der Waals surface area contributed by atoms with Crippen molar-refractivity contribution in [2.75, 3.05) is 32.4 Å². The van der Waals surface area contributed by atoms with E-state index in [1.807, 2.05) is 31.2 Å². The number of likely N-dealkylation sites (tertiary alicyclic amines) is 1. The maximum absolute atomic E-state index is 12.2. The number of carbonyl (C=O) groups is 1. The van der Waals surface area contributed by atoms with E-state index in [1.165, 1.54) is 11.8 Å². The van der Waals surface area contributed by atoms with E-state index in [9.17, 15) is 13.2 Å². The zero-order valence-corrected chi connectivity index (χ0v) is 15.2. The van der Waals surface area contributed by atoms with E-state index in [0.29, 0.717) is 19.6 Å². The highest BCUT2D eigenvalue weighted by atomic mass is 32.2. The first-order valence-electron chi connectivity index (χ1n) is 8.31. The van der Waals surface area contributed by atoms with Crippen molar-refractivity contribution in [1.82, 2.24) is 14.9 Å². The summed E-state index contributed by atoms with van der Waals surface area (Å²) in [5.74, 6) is 0.271. The first-order chi connectivity index (χ1) is 11.3. The first kappa shape index (κ1) is 18.9. The Morgan fingerprint density at radius 2 is 2.08 bits per heavy atom. The summed E-state index contributed by atoms with van der Waals surface area (Å²) in [6, 6.07) is 8.01. The average molecular weight is 353 g/mol. The second kappa shape index (κ2) is 8.60. The minimum atomic E-state index is -3.16. The van der Waals surface area contributed by atoms with E-state index >= 15 is 0 Å². The molecule has 1 unspecified atom stereocenters. The van der Waals surface area contributed by atoms with Gasteiger partial charge in [0.15, 0.2) is 0 Å². The maximum Gasteiger partial charge on any atom is 0.234 e. The van der Waals surface area contributed by atoms with Gasteiger partial charge in [-0.25, -0.2) is 13.1 Å². The molecule has 6 nitrogen and oxygen atoms in total. The highest BCUT2D eigenvalue weighted by Crippen LogP contribution is 2.15. The zero-order valence-electron chi connectivity index (χ0n) is 14.4. The zero-order chi connectivity index (χ0) is 17.6. The van der Waals surface area contributed by atoms with Crippen molar-refractivity contribution in [3.63, 3.8) is 0 Å². The Labute approximate surface area is 144 Å². The van der Waals surface area contributed by atoms with Crippen LogP contribution in [0.2, 0.25) is 0 Å². The molecule has 1 atom stereocenters. The Morgan fingerprint density at radius 3 is 2.79 bits per heavy atom. The number of piperidine rings is 1. The summed E-state index contributed by atoms with van der Waals surface area (Å²) in [6.07, 6.45) is 3.15. The fourth-order valence-corrected chi connectivity index (χ4v) is 3.53. The van der Waals surface area contributed by atoms with E-state index in [4.69, 9.17) is 0 Å². The summed E-state index contributed by atoms with van der Waals surface area (Å²) in [4.78, 5) is 14.3. The molecule has 2 N–H and O–H groups in total. The van der Waals surface area contributed by atoms with Gasteiger partial charge in [0.05, 0.1) is 12.8 Å². The number of aryl methyl sites for hydroxylation is 1. The van der Waals surface area contributed by atoms with Gasteiger partial charge in [0.1, 0.15) is 0 Å². The smallest absolute Gasteiger partial charge is 0.234 e. The molecule has 1 amide bonds. The molecule has 24 heavy (non-hydrogen) atoms. The molecule has 1 aromatic rings. The molecular weight excluding hydrogens is 326 g/mol. The van der Waals surface area contributed by atoms with Gasteiger partial charge in [0.25, 0.3) is 0 Å². The number of carbonyl (C=O) groups excluding carboxylic acids is 1. The number of nitrogens with zero attached hydrogens (tertiary/aromatic N) is 1. The lowest BCUT2D eigenvalue weighted by Gasteiger charge is -2.32. The van der Waals surface area contributed by atoms with Gasteiger partial charge in [-0.1, -0.05) is 24.3 Å². The molecule has 0 radical (unpaired) electrons. The van der Waals surface area contributed by atoms with Gasteiger partial charge in [0, 0.05) is 19.6 Å². The van der Waals surface area contributed by atoms with Crippen LogP contribution in [0, 0.1) is 12.8 Å². The highest BCUT2D eigenvalue weighted by molar-refractivity contribution is 7.88. The quantitative estimate of drug-likeness (QED) is 0.762. The largest absolute Gasteiger partial charge is 0.351 e. The third-order valence-electron chi connectivity index (χ3n) is 4.34. The van der Waals surface area contributed by atoms with Crippen LogP contribution in [0.4, 0.5) is 0 Å². The molecule has 1 saturated heterocycles.